The highest BCUT2D eigenvalue weighted by Gasteiger charge is 2.23. The van der Waals surface area contributed by atoms with Gasteiger partial charge in [-0.05, 0) is 13.0 Å². The molecule has 3 aromatic rings. The number of anilines is 1. The molecule has 3 rings (SSSR count). The molecular formula is C14H12ClFN4O. The van der Waals surface area contributed by atoms with Crippen molar-refractivity contribution in [2.75, 3.05) is 5.73 Å². The number of nitrogens with zero attached hydrogens (tertiary/aromatic N) is 3. The molecule has 21 heavy (non-hydrogen) atoms. The number of nitrogens with two attached hydrogens (primary N) is 1. The fourth-order valence-corrected chi connectivity index (χ4v) is 2.45. The number of aryl methyl sites for hydroxylation is 2. The van der Waals surface area contributed by atoms with Crippen molar-refractivity contribution in [3.8, 4) is 22.4 Å². The third kappa shape index (κ3) is 2.17. The summed E-state index contributed by atoms with van der Waals surface area (Å²) in [5, 5.41) is 8.21. The Labute approximate surface area is 125 Å². The van der Waals surface area contributed by atoms with Crippen LogP contribution in [0.1, 0.15) is 5.69 Å². The van der Waals surface area contributed by atoms with Gasteiger partial charge in [0.05, 0.1) is 16.3 Å². The SMILES string of the molecule is Cc1nn(C)cc1-c1noc(N)c1-c1cccc(Cl)c1F. The summed E-state index contributed by atoms with van der Waals surface area (Å²) in [5.74, 6) is -0.522. The van der Waals surface area contributed by atoms with Gasteiger partial charge in [-0.15, -0.1) is 0 Å². The minimum atomic E-state index is -0.558. The zero-order valence-corrected chi connectivity index (χ0v) is 12.1. The fourth-order valence-electron chi connectivity index (χ4n) is 2.28. The van der Waals surface area contributed by atoms with Gasteiger partial charge in [0.25, 0.3) is 0 Å². The van der Waals surface area contributed by atoms with Crippen molar-refractivity contribution in [3.05, 3.63) is 40.9 Å². The van der Waals surface area contributed by atoms with Crippen LogP contribution in [-0.2, 0) is 7.05 Å². The van der Waals surface area contributed by atoms with E-state index in [1.54, 1.807) is 30.1 Å². The third-order valence-corrected chi connectivity index (χ3v) is 3.50. The Balaban J connectivity index is 2.27. The maximum Gasteiger partial charge on any atom is 0.230 e. The van der Waals surface area contributed by atoms with E-state index >= 15 is 0 Å². The van der Waals surface area contributed by atoms with Gasteiger partial charge in [0, 0.05) is 24.4 Å². The van der Waals surface area contributed by atoms with E-state index in [4.69, 9.17) is 21.9 Å². The van der Waals surface area contributed by atoms with Crippen LogP contribution in [-0.4, -0.2) is 14.9 Å². The molecular weight excluding hydrogens is 295 g/mol. The molecule has 0 atom stereocenters. The molecule has 0 aliphatic heterocycles. The molecule has 0 unspecified atom stereocenters. The Kier molecular flexibility index (Phi) is 3.17. The molecule has 0 aliphatic carbocycles. The van der Waals surface area contributed by atoms with Gasteiger partial charge < -0.3 is 10.3 Å². The van der Waals surface area contributed by atoms with E-state index in [9.17, 15) is 4.39 Å². The third-order valence-electron chi connectivity index (χ3n) is 3.21. The molecule has 0 amide bonds. The second-order valence-electron chi connectivity index (χ2n) is 4.67. The van der Waals surface area contributed by atoms with E-state index in [0.717, 1.165) is 11.3 Å². The highest BCUT2D eigenvalue weighted by Crippen LogP contribution is 2.39. The molecule has 0 aliphatic rings. The first-order chi connectivity index (χ1) is 9.99. The molecule has 0 radical (unpaired) electrons. The average molecular weight is 307 g/mol. The van der Waals surface area contributed by atoms with E-state index < -0.39 is 5.82 Å². The van der Waals surface area contributed by atoms with E-state index in [1.807, 2.05) is 6.92 Å². The summed E-state index contributed by atoms with van der Waals surface area (Å²) in [4.78, 5) is 0. The first kappa shape index (κ1) is 13.6. The van der Waals surface area contributed by atoms with Crippen LogP contribution in [0.25, 0.3) is 22.4 Å². The summed E-state index contributed by atoms with van der Waals surface area (Å²) in [6, 6.07) is 4.70. The monoisotopic (exact) mass is 306 g/mol. The van der Waals surface area contributed by atoms with Gasteiger partial charge in [-0.1, -0.05) is 28.9 Å². The Bertz CT molecular complexity index is 824. The Hall–Kier alpha value is -2.34. The second kappa shape index (κ2) is 4.89. The van der Waals surface area contributed by atoms with Gasteiger partial charge in [-0.2, -0.15) is 5.10 Å². The Morgan fingerprint density at radius 3 is 2.76 bits per heavy atom. The lowest BCUT2D eigenvalue weighted by atomic mass is 10.0. The summed E-state index contributed by atoms with van der Waals surface area (Å²) < 4.78 is 21.0. The molecule has 2 heterocycles. The Morgan fingerprint density at radius 1 is 1.33 bits per heavy atom. The molecule has 2 aromatic heterocycles. The largest absolute Gasteiger partial charge is 0.367 e. The number of halogens is 2. The predicted octanol–water partition coefficient (Wildman–Crippen LogP) is 3.43. The standard InChI is InChI=1S/C14H12ClFN4O/c1-7-9(6-20(2)18-7)13-11(14(17)21-19-13)8-4-3-5-10(15)12(8)16/h3-6H,17H2,1-2H3. The van der Waals surface area contributed by atoms with Gasteiger partial charge in [-0.25, -0.2) is 4.39 Å². The summed E-state index contributed by atoms with van der Waals surface area (Å²) in [5.41, 5.74) is 8.37. The summed E-state index contributed by atoms with van der Waals surface area (Å²) in [7, 11) is 1.79. The van der Waals surface area contributed by atoms with Gasteiger partial charge in [-0.3, -0.25) is 4.68 Å². The highest BCUT2D eigenvalue weighted by atomic mass is 35.5. The molecule has 0 spiro atoms. The number of benzene rings is 1. The first-order valence-corrected chi connectivity index (χ1v) is 6.57. The number of aromatic nitrogens is 3. The molecule has 108 valence electrons. The van der Waals surface area contributed by atoms with E-state index in [1.165, 1.54) is 6.07 Å². The van der Waals surface area contributed by atoms with Crippen LogP contribution in [0.3, 0.4) is 0 Å². The maximum atomic E-state index is 14.3. The number of rotatable bonds is 2. The minimum absolute atomic E-state index is 0.0157. The van der Waals surface area contributed by atoms with Crippen LogP contribution in [0.5, 0.6) is 0 Å². The molecule has 1 aromatic carbocycles. The van der Waals surface area contributed by atoms with Crippen molar-refractivity contribution in [1.29, 1.82) is 0 Å². The van der Waals surface area contributed by atoms with Gasteiger partial charge in [0.2, 0.25) is 5.88 Å². The number of nitrogen functional groups attached to an aromatic ring is 1. The topological polar surface area (TPSA) is 69.9 Å². The molecule has 5 nitrogen and oxygen atoms in total. The van der Waals surface area contributed by atoms with Crippen molar-refractivity contribution in [3.63, 3.8) is 0 Å². The zero-order valence-electron chi connectivity index (χ0n) is 11.4. The maximum absolute atomic E-state index is 14.3. The smallest absolute Gasteiger partial charge is 0.230 e. The van der Waals surface area contributed by atoms with Crippen LogP contribution in [0.2, 0.25) is 5.02 Å². The molecule has 0 saturated heterocycles. The van der Waals surface area contributed by atoms with E-state index in [2.05, 4.69) is 10.3 Å². The van der Waals surface area contributed by atoms with Crippen LogP contribution in [0.15, 0.2) is 28.9 Å². The molecule has 0 saturated carbocycles. The second-order valence-corrected chi connectivity index (χ2v) is 5.08. The quantitative estimate of drug-likeness (QED) is 0.787. The highest BCUT2D eigenvalue weighted by molar-refractivity contribution is 6.31. The molecule has 2 N–H and O–H groups in total. The summed E-state index contributed by atoms with van der Waals surface area (Å²) in [6.07, 6.45) is 1.78. The van der Waals surface area contributed by atoms with Crippen LogP contribution < -0.4 is 5.73 Å². The lowest BCUT2D eigenvalue weighted by Crippen LogP contribution is -1.92. The van der Waals surface area contributed by atoms with Crippen molar-refractivity contribution < 1.29 is 8.91 Å². The van der Waals surface area contributed by atoms with Crippen molar-refractivity contribution in [1.82, 2.24) is 14.9 Å². The van der Waals surface area contributed by atoms with E-state index in [-0.39, 0.29) is 16.5 Å². The minimum Gasteiger partial charge on any atom is -0.367 e. The van der Waals surface area contributed by atoms with Gasteiger partial charge in [0.1, 0.15) is 11.5 Å². The predicted molar refractivity (Wildman–Crippen MR) is 78.3 cm³/mol. The van der Waals surface area contributed by atoms with Gasteiger partial charge >= 0.3 is 0 Å². The van der Waals surface area contributed by atoms with E-state index in [0.29, 0.717) is 11.3 Å². The molecule has 7 heteroatoms. The summed E-state index contributed by atoms with van der Waals surface area (Å²) >= 11 is 5.83. The van der Waals surface area contributed by atoms with Crippen molar-refractivity contribution in [2.24, 2.45) is 7.05 Å². The van der Waals surface area contributed by atoms with Crippen LogP contribution in [0, 0.1) is 12.7 Å². The first-order valence-electron chi connectivity index (χ1n) is 6.19. The number of hydrogen-bond acceptors (Lipinski definition) is 4. The average Bonchev–Trinajstić information content (AvgIpc) is 2.96. The lowest BCUT2D eigenvalue weighted by molar-refractivity contribution is 0.439. The van der Waals surface area contributed by atoms with Crippen molar-refractivity contribution in [2.45, 2.75) is 6.92 Å². The Morgan fingerprint density at radius 2 is 2.10 bits per heavy atom. The van der Waals surface area contributed by atoms with Crippen LogP contribution >= 0.6 is 11.6 Å². The van der Waals surface area contributed by atoms with Crippen LogP contribution in [0.4, 0.5) is 10.3 Å². The fraction of sp³-hybridized carbons (Fsp3) is 0.143. The van der Waals surface area contributed by atoms with Crippen molar-refractivity contribution >= 4 is 17.5 Å². The normalized spacial score (nSPS) is 11.0. The molecule has 0 fully saturated rings. The molecule has 0 bridgehead atoms. The lowest BCUT2D eigenvalue weighted by Gasteiger charge is -2.04. The number of hydrogen-bond donors (Lipinski definition) is 1. The zero-order chi connectivity index (χ0) is 15.1. The van der Waals surface area contributed by atoms with Gasteiger partial charge in [0.15, 0.2) is 0 Å². The summed E-state index contributed by atoms with van der Waals surface area (Å²) in [6.45, 7) is 1.83.